The second-order valence-electron chi connectivity index (χ2n) is 5.88. The summed E-state index contributed by atoms with van der Waals surface area (Å²) >= 11 is 0. The van der Waals surface area contributed by atoms with Gasteiger partial charge in [0.2, 0.25) is 5.91 Å². The van der Waals surface area contributed by atoms with Gasteiger partial charge in [0.1, 0.15) is 0 Å². The summed E-state index contributed by atoms with van der Waals surface area (Å²) in [4.78, 5) is 25.7. The Morgan fingerprint density at radius 2 is 1.96 bits per heavy atom. The van der Waals surface area contributed by atoms with Crippen LogP contribution in [0.25, 0.3) is 5.69 Å². The van der Waals surface area contributed by atoms with E-state index in [4.69, 9.17) is 0 Å². The van der Waals surface area contributed by atoms with Crippen molar-refractivity contribution in [2.24, 2.45) is 0 Å². The van der Waals surface area contributed by atoms with Crippen LogP contribution in [0.1, 0.15) is 22.8 Å². The molecule has 3 rings (SSSR count). The Hall–Kier alpha value is -3.48. The van der Waals surface area contributed by atoms with Gasteiger partial charge in [0.05, 0.1) is 18.1 Å². The Balaban J connectivity index is 1.81. The Morgan fingerprint density at radius 3 is 2.69 bits per heavy atom. The van der Waals surface area contributed by atoms with E-state index in [-0.39, 0.29) is 11.8 Å². The van der Waals surface area contributed by atoms with Crippen molar-refractivity contribution in [3.05, 3.63) is 72.1 Å². The largest absolute Gasteiger partial charge is 0.342 e. The number of amides is 2. The predicted octanol–water partition coefficient (Wildman–Crippen LogP) is 2.50. The molecule has 2 amide bonds. The highest BCUT2D eigenvalue weighted by Gasteiger charge is 2.12. The fourth-order valence-corrected chi connectivity index (χ4v) is 2.48. The predicted molar refractivity (Wildman–Crippen MR) is 97.9 cm³/mol. The summed E-state index contributed by atoms with van der Waals surface area (Å²) in [6.45, 7) is 1.93. The van der Waals surface area contributed by atoms with Crippen LogP contribution in [-0.4, -0.2) is 38.8 Å². The van der Waals surface area contributed by atoms with Crippen molar-refractivity contribution < 1.29 is 9.59 Å². The summed E-state index contributed by atoms with van der Waals surface area (Å²) in [5, 5.41) is 10.6. The van der Waals surface area contributed by atoms with Crippen molar-refractivity contribution in [1.82, 2.24) is 19.9 Å². The number of hydrogen-bond acceptors (Lipinski definition) is 4. The molecule has 0 bridgehead atoms. The third-order valence-corrected chi connectivity index (χ3v) is 4.01. The second-order valence-corrected chi connectivity index (χ2v) is 5.88. The van der Waals surface area contributed by atoms with Crippen molar-refractivity contribution in [2.75, 3.05) is 12.4 Å². The third kappa shape index (κ3) is 3.94. The number of nitrogens with one attached hydrogen (secondary N) is 1. The van der Waals surface area contributed by atoms with Crippen LogP contribution in [0.2, 0.25) is 0 Å². The lowest BCUT2D eigenvalue weighted by molar-refractivity contribution is -0.128. The van der Waals surface area contributed by atoms with Crippen LogP contribution in [-0.2, 0) is 11.3 Å². The minimum absolute atomic E-state index is 0.0355. The summed E-state index contributed by atoms with van der Waals surface area (Å²) in [7, 11) is 1.72. The average Bonchev–Trinajstić information content (AvgIpc) is 3.18. The highest BCUT2D eigenvalue weighted by molar-refractivity contribution is 6.05. The minimum atomic E-state index is -0.232. The van der Waals surface area contributed by atoms with Gasteiger partial charge in [0, 0.05) is 31.8 Å². The SMILES string of the molecule is CC(=O)N(C)Cc1ccccc1NC(=O)c1cccc(-n2ccnn2)c1. The van der Waals surface area contributed by atoms with E-state index in [0.29, 0.717) is 17.8 Å². The lowest BCUT2D eigenvalue weighted by Crippen LogP contribution is -2.24. The van der Waals surface area contributed by atoms with E-state index in [0.717, 1.165) is 11.3 Å². The molecule has 0 unspecified atom stereocenters. The first-order chi connectivity index (χ1) is 12.5. The number of nitrogens with zero attached hydrogens (tertiary/aromatic N) is 4. The van der Waals surface area contributed by atoms with Crippen LogP contribution in [0.4, 0.5) is 5.69 Å². The molecule has 1 aromatic heterocycles. The van der Waals surface area contributed by atoms with E-state index in [1.54, 1.807) is 47.2 Å². The lowest BCUT2D eigenvalue weighted by Gasteiger charge is -2.18. The zero-order chi connectivity index (χ0) is 18.5. The molecule has 0 saturated heterocycles. The van der Waals surface area contributed by atoms with Crippen molar-refractivity contribution >= 4 is 17.5 Å². The van der Waals surface area contributed by atoms with Crippen molar-refractivity contribution in [3.8, 4) is 5.69 Å². The van der Waals surface area contributed by atoms with Crippen molar-refractivity contribution in [3.63, 3.8) is 0 Å². The van der Waals surface area contributed by atoms with Crippen molar-refractivity contribution in [2.45, 2.75) is 13.5 Å². The van der Waals surface area contributed by atoms with Gasteiger partial charge in [-0.25, -0.2) is 4.68 Å². The monoisotopic (exact) mass is 349 g/mol. The van der Waals surface area contributed by atoms with Crippen LogP contribution in [0.5, 0.6) is 0 Å². The van der Waals surface area contributed by atoms with Crippen molar-refractivity contribution in [1.29, 1.82) is 0 Å². The fourth-order valence-electron chi connectivity index (χ4n) is 2.48. The molecule has 0 aliphatic rings. The zero-order valence-corrected chi connectivity index (χ0v) is 14.6. The van der Waals surface area contributed by atoms with Gasteiger partial charge in [0.25, 0.3) is 5.91 Å². The van der Waals surface area contributed by atoms with E-state index >= 15 is 0 Å². The first-order valence-corrected chi connectivity index (χ1v) is 8.12. The molecule has 0 atom stereocenters. The lowest BCUT2D eigenvalue weighted by atomic mass is 10.1. The molecule has 132 valence electrons. The Bertz CT molecular complexity index is 921. The van der Waals surface area contributed by atoms with Gasteiger partial charge >= 0.3 is 0 Å². The van der Waals surface area contributed by atoms with Gasteiger partial charge in [-0.2, -0.15) is 0 Å². The summed E-state index contributed by atoms with van der Waals surface area (Å²) < 4.78 is 1.59. The highest BCUT2D eigenvalue weighted by atomic mass is 16.2. The molecule has 0 spiro atoms. The molecular weight excluding hydrogens is 330 g/mol. The maximum absolute atomic E-state index is 12.7. The topological polar surface area (TPSA) is 80.1 Å². The molecule has 1 heterocycles. The number of aromatic nitrogens is 3. The summed E-state index contributed by atoms with van der Waals surface area (Å²) in [6, 6.07) is 14.6. The maximum Gasteiger partial charge on any atom is 0.255 e. The van der Waals surface area contributed by atoms with Gasteiger partial charge in [-0.15, -0.1) is 5.10 Å². The number of benzene rings is 2. The molecule has 0 aliphatic carbocycles. The molecule has 1 N–H and O–H groups in total. The molecule has 7 heteroatoms. The van der Waals surface area contributed by atoms with Gasteiger partial charge in [0.15, 0.2) is 0 Å². The zero-order valence-electron chi connectivity index (χ0n) is 14.6. The molecule has 0 aliphatic heterocycles. The standard InChI is InChI=1S/C19H19N5O2/c1-14(25)23(2)13-16-6-3-4-9-18(16)21-19(26)15-7-5-8-17(12-15)24-11-10-20-22-24/h3-12H,13H2,1-2H3,(H,21,26). The molecule has 2 aromatic carbocycles. The minimum Gasteiger partial charge on any atom is -0.342 e. The summed E-state index contributed by atoms with van der Waals surface area (Å²) in [5.41, 5.74) is 2.80. The quantitative estimate of drug-likeness (QED) is 0.767. The number of para-hydroxylation sites is 1. The third-order valence-electron chi connectivity index (χ3n) is 4.01. The molecule has 7 nitrogen and oxygen atoms in total. The van der Waals surface area contributed by atoms with Crippen LogP contribution in [0.3, 0.4) is 0 Å². The molecular formula is C19H19N5O2. The van der Waals surface area contributed by atoms with Crippen LogP contribution < -0.4 is 5.32 Å². The van der Waals surface area contributed by atoms with E-state index in [1.807, 2.05) is 30.3 Å². The average molecular weight is 349 g/mol. The van der Waals surface area contributed by atoms with E-state index in [9.17, 15) is 9.59 Å². The Morgan fingerprint density at radius 1 is 1.15 bits per heavy atom. The smallest absolute Gasteiger partial charge is 0.255 e. The molecule has 0 fully saturated rings. The second kappa shape index (κ2) is 7.60. The van der Waals surface area contributed by atoms with Crippen LogP contribution >= 0.6 is 0 Å². The Kier molecular flexibility index (Phi) is 5.07. The number of hydrogen-bond donors (Lipinski definition) is 1. The first-order valence-electron chi connectivity index (χ1n) is 8.12. The maximum atomic E-state index is 12.7. The molecule has 3 aromatic rings. The van der Waals surface area contributed by atoms with E-state index < -0.39 is 0 Å². The highest BCUT2D eigenvalue weighted by Crippen LogP contribution is 2.19. The number of carbonyl (C=O) groups is 2. The number of rotatable bonds is 5. The van der Waals surface area contributed by atoms with Crippen LogP contribution in [0, 0.1) is 0 Å². The normalized spacial score (nSPS) is 10.4. The first kappa shape index (κ1) is 17.3. The van der Waals surface area contributed by atoms with Gasteiger partial charge < -0.3 is 10.2 Å². The summed E-state index contributed by atoms with van der Waals surface area (Å²) in [6.07, 6.45) is 3.29. The van der Waals surface area contributed by atoms with E-state index in [2.05, 4.69) is 15.6 Å². The molecule has 0 radical (unpaired) electrons. The summed E-state index contributed by atoms with van der Waals surface area (Å²) in [5.74, 6) is -0.267. The van der Waals surface area contributed by atoms with Crippen LogP contribution in [0.15, 0.2) is 60.9 Å². The molecule has 26 heavy (non-hydrogen) atoms. The van der Waals surface area contributed by atoms with Gasteiger partial charge in [-0.3, -0.25) is 9.59 Å². The van der Waals surface area contributed by atoms with Gasteiger partial charge in [-0.05, 0) is 29.8 Å². The van der Waals surface area contributed by atoms with Gasteiger partial charge in [-0.1, -0.05) is 29.5 Å². The van der Waals surface area contributed by atoms with E-state index in [1.165, 1.54) is 6.92 Å². The fraction of sp³-hybridized carbons (Fsp3) is 0.158. The molecule has 0 saturated carbocycles. The number of carbonyl (C=O) groups excluding carboxylic acids is 2. The Labute approximate surface area is 151 Å². The number of anilines is 1.